The summed E-state index contributed by atoms with van der Waals surface area (Å²) in [6.07, 6.45) is -4.14. The Kier molecular flexibility index (Phi) is 7.86. The van der Waals surface area contributed by atoms with E-state index < -0.39 is 41.0 Å². The summed E-state index contributed by atoms with van der Waals surface area (Å²) in [5.74, 6) is -3.28. The molecule has 2 amide bonds. The van der Waals surface area contributed by atoms with Crippen LogP contribution in [0.3, 0.4) is 0 Å². The fraction of sp³-hybridized carbons (Fsp3) is 0.444. The van der Waals surface area contributed by atoms with Crippen molar-refractivity contribution >= 4 is 35.1 Å². The lowest BCUT2D eigenvalue weighted by Crippen LogP contribution is -2.47. The Morgan fingerprint density at radius 1 is 1.15 bits per heavy atom. The van der Waals surface area contributed by atoms with Crippen molar-refractivity contribution in [2.75, 3.05) is 31.6 Å². The number of piperidine rings is 1. The molecular weight excluding hydrogens is 541 g/mol. The van der Waals surface area contributed by atoms with E-state index in [-0.39, 0.29) is 46.5 Å². The number of rotatable bonds is 6. The number of aliphatic hydroxyl groups is 1. The van der Waals surface area contributed by atoms with Gasteiger partial charge < -0.3 is 24.7 Å². The molecule has 2 aliphatic heterocycles. The van der Waals surface area contributed by atoms with Crippen LogP contribution >= 0.6 is 11.6 Å². The second-order valence-corrected chi connectivity index (χ2v) is 10.4. The van der Waals surface area contributed by atoms with Crippen LogP contribution in [-0.4, -0.2) is 65.8 Å². The summed E-state index contributed by atoms with van der Waals surface area (Å²) in [4.78, 5) is 38.9. The summed E-state index contributed by atoms with van der Waals surface area (Å²) in [6.45, 7) is 1.56. The predicted molar refractivity (Wildman–Crippen MR) is 136 cm³/mol. The zero-order valence-corrected chi connectivity index (χ0v) is 22.1. The molecule has 2 aliphatic rings. The van der Waals surface area contributed by atoms with E-state index in [2.05, 4.69) is 0 Å². The average Bonchev–Trinajstić information content (AvgIpc) is 2.89. The minimum atomic E-state index is -5.16. The molecule has 0 unspecified atom stereocenters. The molecule has 1 fully saturated rings. The van der Waals surface area contributed by atoms with Crippen molar-refractivity contribution in [3.63, 3.8) is 0 Å². The minimum absolute atomic E-state index is 0.0133. The van der Waals surface area contributed by atoms with E-state index in [1.165, 1.54) is 43.1 Å². The quantitative estimate of drug-likeness (QED) is 0.528. The highest BCUT2D eigenvalue weighted by atomic mass is 35.5. The van der Waals surface area contributed by atoms with E-state index in [1.54, 1.807) is 0 Å². The summed E-state index contributed by atoms with van der Waals surface area (Å²) in [7, 11) is 1.40. The number of hydrogen-bond donors (Lipinski definition) is 2. The van der Waals surface area contributed by atoms with Gasteiger partial charge in [-0.05, 0) is 60.2 Å². The smallest absolute Gasteiger partial charge is 0.422 e. The van der Waals surface area contributed by atoms with Crippen molar-refractivity contribution in [3.05, 3.63) is 58.1 Å². The molecule has 0 aromatic heterocycles. The molecule has 0 spiro atoms. The number of amides is 2. The van der Waals surface area contributed by atoms with Crippen LogP contribution in [0.25, 0.3) is 0 Å². The van der Waals surface area contributed by atoms with Gasteiger partial charge in [0.2, 0.25) is 0 Å². The highest BCUT2D eigenvalue weighted by Gasteiger charge is 2.59. The highest BCUT2D eigenvalue weighted by Crippen LogP contribution is 2.51. The van der Waals surface area contributed by atoms with Crippen LogP contribution in [0.2, 0.25) is 5.02 Å². The lowest BCUT2D eigenvalue weighted by Gasteiger charge is -2.38. The number of carboxylic acids is 1. The molecule has 39 heavy (non-hydrogen) atoms. The minimum Gasteiger partial charge on any atom is -0.482 e. The van der Waals surface area contributed by atoms with E-state index in [0.29, 0.717) is 25.9 Å². The molecule has 2 heterocycles. The predicted octanol–water partition coefficient (Wildman–Crippen LogP) is 4.58. The largest absolute Gasteiger partial charge is 0.482 e. The normalized spacial score (nSPS) is 18.7. The first-order valence-electron chi connectivity index (χ1n) is 12.4. The van der Waals surface area contributed by atoms with Crippen molar-refractivity contribution in [2.24, 2.45) is 5.92 Å². The number of hydrogen-bond acceptors (Lipinski definition) is 5. The standard InChI is InChI=1S/C27H28ClF3N2O6/c1-15(26(38,27(29,30)31)18-4-6-22-21(13-18)32(2)23(34)14-39-22)19-12-17(3-5-20(19)28)25(37)33-9-7-16(8-10-33)11-24(35)36/h3-6,12-13,15-16,38H,7-11,14H2,1-2H3,(H,35,36)/t15-,26-/m0/s1. The number of alkyl halides is 3. The second-order valence-electron chi connectivity index (χ2n) is 9.98. The molecule has 1 saturated heterocycles. The van der Waals surface area contributed by atoms with E-state index in [4.69, 9.17) is 21.4 Å². The van der Waals surface area contributed by atoms with Crippen LogP contribution in [0.4, 0.5) is 18.9 Å². The molecule has 2 aromatic carbocycles. The lowest BCUT2D eigenvalue weighted by atomic mass is 9.77. The Morgan fingerprint density at radius 2 is 1.82 bits per heavy atom. The van der Waals surface area contributed by atoms with E-state index in [0.717, 1.165) is 17.0 Å². The molecule has 2 aromatic rings. The van der Waals surface area contributed by atoms with Gasteiger partial charge in [0.15, 0.2) is 12.2 Å². The summed E-state index contributed by atoms with van der Waals surface area (Å²) in [6, 6.07) is 7.42. The number of benzene rings is 2. The van der Waals surface area contributed by atoms with Crippen molar-refractivity contribution in [2.45, 2.75) is 43.9 Å². The number of nitrogens with zero attached hydrogens (tertiary/aromatic N) is 2. The SMILES string of the molecule is C[C@@H](c1cc(C(=O)N2CCC(CC(=O)O)CC2)ccc1Cl)[C@](O)(c1ccc2c(c1)N(C)C(=O)CO2)C(F)(F)F. The fourth-order valence-electron chi connectivity index (χ4n) is 5.17. The number of carbonyl (C=O) groups is 3. The maximum Gasteiger partial charge on any atom is 0.422 e. The van der Waals surface area contributed by atoms with Gasteiger partial charge in [-0.3, -0.25) is 14.4 Å². The van der Waals surface area contributed by atoms with Crippen LogP contribution in [-0.2, 0) is 15.2 Å². The van der Waals surface area contributed by atoms with E-state index in [9.17, 15) is 32.7 Å². The van der Waals surface area contributed by atoms with Gasteiger partial charge in [-0.1, -0.05) is 24.6 Å². The molecule has 4 rings (SSSR count). The number of carboxylic acid groups (broad SMARTS) is 1. The van der Waals surface area contributed by atoms with Gasteiger partial charge in [0, 0.05) is 43.1 Å². The number of likely N-dealkylation sites (N-methyl/N-ethyl adjacent to an activating group) is 1. The first-order valence-corrected chi connectivity index (χ1v) is 12.7. The zero-order valence-electron chi connectivity index (χ0n) is 21.3. The number of halogens is 4. The van der Waals surface area contributed by atoms with Gasteiger partial charge in [0.05, 0.1) is 5.69 Å². The number of carbonyl (C=O) groups excluding carboxylic acids is 2. The summed E-state index contributed by atoms with van der Waals surface area (Å²) >= 11 is 6.32. The Labute approximate surface area is 227 Å². The molecule has 0 aliphatic carbocycles. The van der Waals surface area contributed by atoms with E-state index >= 15 is 0 Å². The van der Waals surface area contributed by atoms with Crippen molar-refractivity contribution in [1.82, 2.24) is 4.90 Å². The maximum atomic E-state index is 14.6. The average molecular weight is 569 g/mol. The molecule has 2 atom stereocenters. The van der Waals surface area contributed by atoms with Gasteiger partial charge in [-0.25, -0.2) is 0 Å². The number of fused-ring (bicyclic) bond motifs is 1. The van der Waals surface area contributed by atoms with Crippen LogP contribution in [0, 0.1) is 5.92 Å². The lowest BCUT2D eigenvalue weighted by molar-refractivity contribution is -0.274. The highest BCUT2D eigenvalue weighted by molar-refractivity contribution is 6.31. The molecule has 0 bridgehead atoms. The van der Waals surface area contributed by atoms with Gasteiger partial charge >= 0.3 is 12.1 Å². The maximum absolute atomic E-state index is 14.6. The molecule has 2 N–H and O–H groups in total. The van der Waals surface area contributed by atoms with Crippen LogP contribution < -0.4 is 9.64 Å². The Hall–Kier alpha value is -3.31. The molecule has 0 saturated carbocycles. The van der Waals surface area contributed by atoms with Gasteiger partial charge in [-0.2, -0.15) is 13.2 Å². The topological polar surface area (TPSA) is 107 Å². The molecule has 210 valence electrons. The van der Waals surface area contributed by atoms with Crippen molar-refractivity contribution < 1.29 is 42.5 Å². The molecular formula is C27H28ClF3N2O6. The number of ether oxygens (including phenoxy) is 1. The molecule has 0 radical (unpaired) electrons. The monoisotopic (exact) mass is 568 g/mol. The third kappa shape index (κ3) is 5.42. The third-order valence-electron chi connectivity index (χ3n) is 7.62. The first-order chi connectivity index (χ1) is 18.2. The van der Waals surface area contributed by atoms with Gasteiger partial charge in [0.25, 0.3) is 11.8 Å². The number of anilines is 1. The summed E-state index contributed by atoms with van der Waals surface area (Å²) in [5.41, 5.74) is -3.84. The third-order valence-corrected chi connectivity index (χ3v) is 7.96. The van der Waals surface area contributed by atoms with Crippen LogP contribution in [0.5, 0.6) is 5.75 Å². The molecule has 12 heteroatoms. The van der Waals surface area contributed by atoms with Crippen LogP contribution in [0.1, 0.15) is 53.6 Å². The second kappa shape index (κ2) is 10.7. The van der Waals surface area contributed by atoms with Gasteiger partial charge in [0.1, 0.15) is 5.75 Å². The summed E-state index contributed by atoms with van der Waals surface area (Å²) in [5, 5.41) is 20.3. The fourth-order valence-corrected chi connectivity index (χ4v) is 5.45. The Balaban J connectivity index is 1.67. The first kappa shape index (κ1) is 28.7. The number of likely N-dealkylation sites (tertiary alicyclic amines) is 1. The summed E-state index contributed by atoms with van der Waals surface area (Å²) < 4.78 is 49.2. The van der Waals surface area contributed by atoms with E-state index in [1.807, 2.05) is 0 Å². The van der Waals surface area contributed by atoms with Crippen molar-refractivity contribution in [1.29, 1.82) is 0 Å². The Morgan fingerprint density at radius 3 is 2.44 bits per heavy atom. The molecule has 8 nitrogen and oxygen atoms in total. The Bertz CT molecular complexity index is 1290. The number of aliphatic carboxylic acids is 1. The van der Waals surface area contributed by atoms with Crippen molar-refractivity contribution in [3.8, 4) is 5.75 Å². The zero-order chi connectivity index (χ0) is 28.7. The van der Waals surface area contributed by atoms with Crippen LogP contribution in [0.15, 0.2) is 36.4 Å². The van der Waals surface area contributed by atoms with Gasteiger partial charge in [-0.15, -0.1) is 0 Å².